The number of pyridine rings is 1. The van der Waals surface area contributed by atoms with Crippen molar-refractivity contribution in [2.45, 2.75) is 26.3 Å². The van der Waals surface area contributed by atoms with Crippen LogP contribution in [-0.2, 0) is 6.54 Å². The number of hydrogen-bond donors (Lipinski definition) is 1. The number of aromatic nitrogens is 1. The van der Waals surface area contributed by atoms with Crippen molar-refractivity contribution < 1.29 is 4.79 Å². The molecule has 0 unspecified atom stereocenters. The lowest BCUT2D eigenvalue weighted by molar-refractivity contribution is 0.104. The van der Waals surface area contributed by atoms with Gasteiger partial charge in [-0.25, -0.2) is 0 Å². The summed E-state index contributed by atoms with van der Waals surface area (Å²) in [6.07, 6.45) is 13.8. The summed E-state index contributed by atoms with van der Waals surface area (Å²) in [5.74, 6) is 0.245. The predicted octanol–water partition coefficient (Wildman–Crippen LogP) is 3.27. The Balaban J connectivity index is 1.98. The summed E-state index contributed by atoms with van der Waals surface area (Å²) < 4.78 is 2.04. The molecule has 0 bridgehead atoms. The smallest absolute Gasteiger partial charge is 0.193 e. The molecule has 3 heterocycles. The van der Waals surface area contributed by atoms with Crippen LogP contribution in [0.4, 0.5) is 0 Å². The summed E-state index contributed by atoms with van der Waals surface area (Å²) in [6, 6.07) is 1.62. The van der Waals surface area contributed by atoms with Gasteiger partial charge in [-0.3, -0.25) is 9.59 Å². The summed E-state index contributed by atoms with van der Waals surface area (Å²) in [5.41, 5.74) is 5.58. The highest BCUT2D eigenvalue weighted by atomic mass is 16.1. The fourth-order valence-electron chi connectivity index (χ4n) is 4.20. The van der Waals surface area contributed by atoms with E-state index in [1.807, 2.05) is 10.8 Å². The van der Waals surface area contributed by atoms with Gasteiger partial charge in [-0.2, -0.15) is 0 Å². The van der Waals surface area contributed by atoms with E-state index in [9.17, 15) is 9.59 Å². The maximum atomic E-state index is 12.8. The van der Waals surface area contributed by atoms with Gasteiger partial charge in [-0.1, -0.05) is 18.7 Å². The van der Waals surface area contributed by atoms with Crippen LogP contribution in [0.25, 0.3) is 5.70 Å². The second-order valence-electron chi connectivity index (χ2n) is 7.76. The molecule has 1 N–H and O–H groups in total. The number of carbonyl (C=O) groups is 1. The first-order valence-corrected chi connectivity index (χ1v) is 10.2. The number of nitrogens with one attached hydrogen (secondary N) is 1. The van der Waals surface area contributed by atoms with Crippen molar-refractivity contribution >= 4 is 11.5 Å². The number of fused-ring (bicyclic) bond motifs is 1. The summed E-state index contributed by atoms with van der Waals surface area (Å²) in [4.78, 5) is 27.1. The minimum absolute atomic E-state index is 0.184. The lowest BCUT2D eigenvalue weighted by Gasteiger charge is -2.35. The van der Waals surface area contributed by atoms with E-state index in [4.69, 9.17) is 0 Å². The Kier molecular flexibility index (Phi) is 5.14. The molecule has 150 valence electrons. The molecule has 1 aromatic rings. The fourth-order valence-corrected chi connectivity index (χ4v) is 4.20. The van der Waals surface area contributed by atoms with Gasteiger partial charge in [0.1, 0.15) is 0 Å². The number of rotatable bonds is 5. The number of likely N-dealkylation sites (N-methyl/N-ethyl adjacent to an activating group) is 1. The van der Waals surface area contributed by atoms with Gasteiger partial charge in [-0.15, -0.1) is 0 Å². The summed E-state index contributed by atoms with van der Waals surface area (Å²) in [7, 11) is 2.08. The van der Waals surface area contributed by atoms with E-state index >= 15 is 0 Å². The van der Waals surface area contributed by atoms with E-state index in [0.29, 0.717) is 5.92 Å². The molecule has 0 radical (unpaired) electrons. The molecule has 2 aliphatic heterocycles. The van der Waals surface area contributed by atoms with Crippen molar-refractivity contribution in [1.29, 1.82) is 0 Å². The molecule has 0 aromatic carbocycles. The molecule has 3 aliphatic rings. The molecule has 0 spiro atoms. The van der Waals surface area contributed by atoms with Crippen LogP contribution >= 0.6 is 0 Å². The third-order valence-electron chi connectivity index (χ3n) is 5.84. The van der Waals surface area contributed by atoms with Crippen LogP contribution < -0.4 is 10.7 Å². The molecule has 1 aliphatic carbocycles. The third-order valence-corrected chi connectivity index (χ3v) is 5.84. The predicted molar refractivity (Wildman–Crippen MR) is 116 cm³/mol. The molecule has 1 aromatic heterocycles. The lowest BCUT2D eigenvalue weighted by atomic mass is 9.88. The molecule has 29 heavy (non-hydrogen) atoms. The maximum Gasteiger partial charge on any atom is 0.193 e. The van der Waals surface area contributed by atoms with Gasteiger partial charge < -0.3 is 14.8 Å². The van der Waals surface area contributed by atoms with E-state index in [-0.39, 0.29) is 16.8 Å². The Bertz CT molecular complexity index is 1050. The normalized spacial score (nSPS) is 20.6. The van der Waals surface area contributed by atoms with E-state index in [1.165, 1.54) is 35.6 Å². The third kappa shape index (κ3) is 3.53. The number of carbonyl (C=O) groups excluding carboxylic acids is 1. The van der Waals surface area contributed by atoms with Crippen LogP contribution in [0, 0.1) is 5.92 Å². The summed E-state index contributed by atoms with van der Waals surface area (Å²) in [5, 5.41) is 3.23. The minimum Gasteiger partial charge on any atom is -0.387 e. The average molecular weight is 389 g/mol. The quantitative estimate of drug-likeness (QED) is 0.620. The Hall–Kier alpha value is -3.08. The number of nitrogens with zero attached hydrogens (tertiary/aromatic N) is 2. The van der Waals surface area contributed by atoms with Crippen LogP contribution in [0.3, 0.4) is 0 Å². The highest BCUT2D eigenvalue weighted by molar-refractivity contribution is 6.04. The fraction of sp³-hybridized carbons (Fsp3) is 0.333. The highest BCUT2D eigenvalue weighted by Gasteiger charge is 2.33. The molecule has 0 saturated heterocycles. The SMILES string of the molecule is C=CC(=O)c1cn2c(cc1=O)/C(=C(C1=CCNC=C1)/C(=C/C)C1CC1)N(C)CC2. The molecule has 4 rings (SSSR count). The van der Waals surface area contributed by atoms with Crippen LogP contribution in [0.5, 0.6) is 0 Å². The van der Waals surface area contributed by atoms with Crippen LogP contribution in [0.2, 0.25) is 0 Å². The summed E-state index contributed by atoms with van der Waals surface area (Å²) in [6.45, 7) is 7.95. The first-order valence-electron chi connectivity index (χ1n) is 10.2. The Morgan fingerprint density at radius 2 is 2.10 bits per heavy atom. The van der Waals surface area contributed by atoms with E-state index in [0.717, 1.165) is 31.0 Å². The van der Waals surface area contributed by atoms with E-state index in [2.05, 4.69) is 49.0 Å². The summed E-state index contributed by atoms with van der Waals surface area (Å²) >= 11 is 0. The van der Waals surface area contributed by atoms with Crippen molar-refractivity contribution in [1.82, 2.24) is 14.8 Å². The van der Waals surface area contributed by atoms with Gasteiger partial charge in [0.2, 0.25) is 0 Å². The van der Waals surface area contributed by atoms with Gasteiger partial charge in [-0.05, 0) is 55.2 Å². The van der Waals surface area contributed by atoms with Crippen LogP contribution in [-0.4, -0.2) is 35.4 Å². The monoisotopic (exact) mass is 389 g/mol. The topological polar surface area (TPSA) is 54.3 Å². The zero-order valence-corrected chi connectivity index (χ0v) is 17.1. The zero-order valence-electron chi connectivity index (χ0n) is 17.1. The van der Waals surface area contributed by atoms with E-state index in [1.54, 1.807) is 12.3 Å². The maximum absolute atomic E-state index is 12.8. The molecular weight excluding hydrogens is 362 g/mol. The van der Waals surface area contributed by atoms with Crippen molar-refractivity contribution in [2.24, 2.45) is 5.92 Å². The Morgan fingerprint density at radius 1 is 1.31 bits per heavy atom. The van der Waals surface area contributed by atoms with Crippen molar-refractivity contribution in [2.75, 3.05) is 20.1 Å². The van der Waals surface area contributed by atoms with Crippen molar-refractivity contribution in [3.8, 4) is 0 Å². The standard InChI is InChI=1S/C24H27N3O2/c1-4-18(16-6-7-16)23(17-8-10-25-11-9-17)24-20-14-22(29)19(21(28)5-2)15-27(20)13-12-26(24)3/h4-5,8-10,14-16,25H,2,6-7,11-13H2,1,3H3/b18-4+,24-23-. The van der Waals surface area contributed by atoms with Crippen LogP contribution in [0.1, 0.15) is 35.8 Å². The number of hydrogen-bond acceptors (Lipinski definition) is 4. The lowest BCUT2D eigenvalue weighted by Crippen LogP contribution is -2.34. The first-order chi connectivity index (χ1) is 14.0. The molecule has 1 fully saturated rings. The second-order valence-corrected chi connectivity index (χ2v) is 7.76. The van der Waals surface area contributed by atoms with Crippen molar-refractivity contribution in [3.63, 3.8) is 0 Å². The van der Waals surface area contributed by atoms with Gasteiger partial charge in [0.15, 0.2) is 11.2 Å². The highest BCUT2D eigenvalue weighted by Crippen LogP contribution is 2.45. The Labute approximate surface area is 171 Å². The molecule has 0 atom stereocenters. The van der Waals surface area contributed by atoms with Gasteiger partial charge in [0.05, 0.1) is 17.0 Å². The van der Waals surface area contributed by atoms with Crippen molar-refractivity contribution in [3.05, 3.63) is 87.5 Å². The van der Waals surface area contributed by atoms with Gasteiger partial charge in [0.25, 0.3) is 0 Å². The number of dihydropyridines is 1. The molecule has 5 heteroatoms. The van der Waals surface area contributed by atoms with E-state index < -0.39 is 0 Å². The largest absolute Gasteiger partial charge is 0.387 e. The molecule has 0 amide bonds. The molecule has 5 nitrogen and oxygen atoms in total. The number of allylic oxidation sites excluding steroid dienone is 6. The van der Waals surface area contributed by atoms with Gasteiger partial charge in [0, 0.05) is 44.5 Å². The average Bonchev–Trinajstić information content (AvgIpc) is 3.57. The Morgan fingerprint density at radius 3 is 2.72 bits per heavy atom. The second kappa shape index (κ2) is 7.74. The van der Waals surface area contributed by atoms with Crippen LogP contribution in [0.15, 0.2) is 70.9 Å². The van der Waals surface area contributed by atoms with Gasteiger partial charge >= 0.3 is 0 Å². The number of ketones is 1. The molecular formula is C24H27N3O2. The zero-order chi connectivity index (χ0) is 20.5. The first kappa shape index (κ1) is 19.2. The molecule has 1 saturated carbocycles. The minimum atomic E-state index is -0.328.